The Morgan fingerprint density at radius 2 is 2.06 bits per heavy atom. The van der Waals surface area contributed by atoms with Gasteiger partial charge < -0.3 is 9.72 Å². The van der Waals surface area contributed by atoms with Crippen molar-refractivity contribution < 1.29 is 13.2 Å². The average molecular weight is 499 g/mol. The van der Waals surface area contributed by atoms with Gasteiger partial charge in [0, 0.05) is 30.8 Å². The Labute approximate surface area is 202 Å². The van der Waals surface area contributed by atoms with Crippen molar-refractivity contribution in [2.24, 2.45) is 0 Å². The fourth-order valence-corrected chi connectivity index (χ4v) is 6.87. The molecule has 2 aromatic heterocycles. The fourth-order valence-electron chi connectivity index (χ4n) is 4.48. The first-order chi connectivity index (χ1) is 16.4. The quantitative estimate of drug-likeness (QED) is 0.416. The third-order valence-corrected chi connectivity index (χ3v) is 8.88. The van der Waals surface area contributed by atoms with Gasteiger partial charge in [0.2, 0.25) is 10.0 Å². The largest absolute Gasteiger partial charge is 0.377 e. The predicted octanol–water partition coefficient (Wildman–Crippen LogP) is 3.77. The molecule has 2 aromatic carbocycles. The van der Waals surface area contributed by atoms with E-state index in [4.69, 9.17) is 4.74 Å². The molecule has 3 heterocycles. The van der Waals surface area contributed by atoms with Crippen LogP contribution >= 0.6 is 11.7 Å². The second-order valence-electron chi connectivity index (χ2n) is 8.67. The van der Waals surface area contributed by atoms with E-state index in [1.54, 1.807) is 25.1 Å². The molecule has 8 nitrogen and oxygen atoms in total. The number of nitrogens with one attached hydrogen (secondary N) is 1. The van der Waals surface area contributed by atoms with Gasteiger partial charge in [0.1, 0.15) is 15.9 Å². The van der Waals surface area contributed by atoms with Gasteiger partial charge in [0.25, 0.3) is 5.56 Å². The highest BCUT2D eigenvalue weighted by Gasteiger charge is 2.33. The summed E-state index contributed by atoms with van der Waals surface area (Å²) in [6, 6.07) is 11.2. The molecule has 0 saturated carbocycles. The lowest BCUT2D eigenvalue weighted by molar-refractivity contribution is 0.0925. The number of nitrogens with zero attached hydrogens (tertiary/aromatic N) is 3. The monoisotopic (exact) mass is 498 g/mol. The molecule has 0 spiro atoms. The number of H-pyrrole nitrogens is 1. The molecule has 0 aliphatic carbocycles. The normalized spacial score (nSPS) is 16.7. The molecule has 1 aliphatic rings. The lowest BCUT2D eigenvalue weighted by atomic mass is 10.1. The topological polar surface area (TPSA) is 105 Å². The number of aromatic nitrogens is 3. The number of hydrogen-bond acceptors (Lipinski definition) is 7. The number of ether oxygens (including phenoxy) is 1. The minimum Gasteiger partial charge on any atom is -0.377 e. The maximum absolute atomic E-state index is 14.0. The summed E-state index contributed by atoms with van der Waals surface area (Å²) >= 11 is 0.985. The number of rotatable bonds is 7. The molecule has 4 aromatic rings. The molecule has 1 N–H and O–H groups in total. The van der Waals surface area contributed by atoms with Crippen molar-refractivity contribution in [3.63, 3.8) is 0 Å². The highest BCUT2D eigenvalue weighted by Crippen LogP contribution is 2.30. The molecule has 178 valence electrons. The van der Waals surface area contributed by atoms with Crippen molar-refractivity contribution in [2.45, 2.75) is 50.7 Å². The van der Waals surface area contributed by atoms with Crippen LogP contribution in [0.3, 0.4) is 0 Å². The molecule has 0 radical (unpaired) electrons. The van der Waals surface area contributed by atoms with Crippen molar-refractivity contribution in [2.75, 3.05) is 13.2 Å². The molecular weight excluding hydrogens is 472 g/mol. The number of benzene rings is 2. The summed E-state index contributed by atoms with van der Waals surface area (Å²) in [6.45, 7) is 4.55. The second kappa shape index (κ2) is 9.18. The Morgan fingerprint density at radius 3 is 2.82 bits per heavy atom. The van der Waals surface area contributed by atoms with Crippen LogP contribution in [0.1, 0.15) is 36.5 Å². The first-order valence-corrected chi connectivity index (χ1v) is 13.5. The standard InChI is InChI=1S/C24H26N4O4S2/c1-3-16-7-9-20-17(11-16)12-18(24(29)25-20)13-28(14-19-5-4-10-32-19)34(30,31)23-15(2)6-8-21-22(23)27-33-26-21/h6-9,11-12,19H,3-5,10,13-14H2,1-2H3,(H,25,29)/t19-/m0/s1. The zero-order valence-electron chi connectivity index (χ0n) is 19.1. The Balaban J connectivity index is 1.60. The van der Waals surface area contributed by atoms with E-state index in [0.717, 1.165) is 47.5 Å². The van der Waals surface area contributed by atoms with Gasteiger partial charge in [-0.15, -0.1) is 0 Å². The van der Waals surface area contributed by atoms with Crippen molar-refractivity contribution in [1.82, 2.24) is 18.0 Å². The minimum atomic E-state index is -3.99. The Bertz CT molecular complexity index is 1520. The number of fused-ring (bicyclic) bond motifs is 2. The van der Waals surface area contributed by atoms with Crippen molar-refractivity contribution in [1.29, 1.82) is 0 Å². The van der Waals surface area contributed by atoms with Gasteiger partial charge >= 0.3 is 0 Å². The van der Waals surface area contributed by atoms with E-state index >= 15 is 0 Å². The smallest absolute Gasteiger partial charge is 0.252 e. The number of aryl methyl sites for hydroxylation is 2. The van der Waals surface area contributed by atoms with Crippen LogP contribution in [-0.4, -0.2) is 45.7 Å². The van der Waals surface area contributed by atoms with E-state index in [0.29, 0.717) is 28.8 Å². The molecule has 0 amide bonds. The van der Waals surface area contributed by atoms with Gasteiger partial charge in [-0.3, -0.25) is 4.79 Å². The second-order valence-corrected chi connectivity index (χ2v) is 11.1. The van der Waals surface area contributed by atoms with Gasteiger partial charge in [-0.25, -0.2) is 8.42 Å². The Hall–Kier alpha value is -2.66. The Morgan fingerprint density at radius 1 is 1.21 bits per heavy atom. The zero-order valence-corrected chi connectivity index (χ0v) is 20.7. The minimum absolute atomic E-state index is 0.0583. The van der Waals surface area contributed by atoms with Crippen LogP contribution < -0.4 is 5.56 Å². The van der Waals surface area contributed by atoms with E-state index in [1.165, 1.54) is 4.31 Å². The van der Waals surface area contributed by atoms with E-state index in [9.17, 15) is 13.2 Å². The maximum Gasteiger partial charge on any atom is 0.252 e. The van der Waals surface area contributed by atoms with Gasteiger partial charge in [0.05, 0.1) is 17.8 Å². The summed E-state index contributed by atoms with van der Waals surface area (Å²) in [5, 5.41) is 0.880. The molecule has 10 heteroatoms. The van der Waals surface area contributed by atoms with Crippen LogP contribution in [0.2, 0.25) is 0 Å². The van der Waals surface area contributed by atoms with Gasteiger partial charge in [-0.05, 0) is 67.0 Å². The van der Waals surface area contributed by atoms with E-state index in [1.807, 2.05) is 18.2 Å². The van der Waals surface area contributed by atoms with Crippen molar-refractivity contribution in [3.8, 4) is 0 Å². The molecular formula is C24H26N4O4S2. The summed E-state index contributed by atoms with van der Waals surface area (Å²) in [5.41, 5.74) is 3.47. The van der Waals surface area contributed by atoms with Gasteiger partial charge in [0.15, 0.2) is 0 Å². The molecule has 1 saturated heterocycles. The summed E-state index contributed by atoms with van der Waals surface area (Å²) in [7, 11) is -3.99. The van der Waals surface area contributed by atoms with Crippen molar-refractivity contribution >= 4 is 43.7 Å². The highest BCUT2D eigenvalue weighted by molar-refractivity contribution is 7.89. The first kappa shape index (κ1) is 23.1. The summed E-state index contributed by atoms with van der Waals surface area (Å²) in [5.74, 6) is 0. The lowest BCUT2D eigenvalue weighted by Crippen LogP contribution is -2.38. The third kappa shape index (κ3) is 4.26. The van der Waals surface area contributed by atoms with Gasteiger partial charge in [-0.1, -0.05) is 19.1 Å². The molecule has 5 rings (SSSR count). The number of sulfonamides is 1. The van der Waals surface area contributed by atoms with Gasteiger partial charge in [-0.2, -0.15) is 13.1 Å². The van der Waals surface area contributed by atoms with Crippen LogP contribution in [0.25, 0.3) is 21.9 Å². The zero-order chi connectivity index (χ0) is 23.9. The summed E-state index contributed by atoms with van der Waals surface area (Å²) in [4.78, 5) is 16.0. The molecule has 1 aliphatic heterocycles. The summed E-state index contributed by atoms with van der Waals surface area (Å²) < 4.78 is 43.7. The van der Waals surface area contributed by atoms with E-state index in [-0.39, 0.29) is 29.6 Å². The first-order valence-electron chi connectivity index (χ1n) is 11.4. The lowest BCUT2D eigenvalue weighted by Gasteiger charge is -2.25. The highest BCUT2D eigenvalue weighted by atomic mass is 32.2. The predicted molar refractivity (Wildman–Crippen MR) is 133 cm³/mol. The molecule has 0 unspecified atom stereocenters. The van der Waals surface area contributed by atoms with Crippen LogP contribution in [0.4, 0.5) is 0 Å². The SMILES string of the molecule is CCc1ccc2[nH]c(=O)c(CN(C[C@@H]3CCCO3)S(=O)(=O)c3c(C)ccc4nsnc34)cc2c1. The Kier molecular flexibility index (Phi) is 6.24. The number of pyridine rings is 1. The number of aromatic amines is 1. The fraction of sp³-hybridized carbons (Fsp3) is 0.375. The van der Waals surface area contributed by atoms with Crippen LogP contribution in [0.15, 0.2) is 46.1 Å². The molecule has 0 bridgehead atoms. The average Bonchev–Trinajstić information content (AvgIpc) is 3.50. The van der Waals surface area contributed by atoms with Crippen LogP contribution in [-0.2, 0) is 27.7 Å². The van der Waals surface area contributed by atoms with E-state index < -0.39 is 10.0 Å². The number of hydrogen-bond donors (Lipinski definition) is 1. The van der Waals surface area contributed by atoms with Crippen LogP contribution in [0.5, 0.6) is 0 Å². The van der Waals surface area contributed by atoms with Crippen molar-refractivity contribution in [3.05, 3.63) is 63.4 Å². The molecule has 1 atom stereocenters. The van der Waals surface area contributed by atoms with Crippen LogP contribution in [0, 0.1) is 6.92 Å². The maximum atomic E-state index is 14.0. The third-order valence-electron chi connectivity index (χ3n) is 6.35. The van der Waals surface area contributed by atoms with E-state index in [2.05, 4.69) is 20.7 Å². The summed E-state index contributed by atoms with van der Waals surface area (Å²) in [6.07, 6.45) is 2.32. The molecule has 34 heavy (non-hydrogen) atoms. The molecule has 1 fully saturated rings.